The molecule has 0 saturated carbocycles. The van der Waals surface area contributed by atoms with Crippen molar-refractivity contribution in [2.75, 3.05) is 20.3 Å². The molecule has 0 saturated heterocycles. The molecule has 11 nitrogen and oxygen atoms in total. The molecular weight excluding hydrogens is 550 g/mol. The van der Waals surface area contributed by atoms with E-state index in [0.29, 0.717) is 29.4 Å². The van der Waals surface area contributed by atoms with Crippen LogP contribution >= 0.6 is 0 Å². The number of esters is 1. The number of hydrazone groups is 1. The number of nitrogens with zero attached hydrogens (tertiary/aromatic N) is 2. The quantitative estimate of drug-likeness (QED) is 0.114. The summed E-state index contributed by atoms with van der Waals surface area (Å²) < 4.78 is 18.7. The number of urea groups is 1. The highest BCUT2D eigenvalue weighted by atomic mass is 16.5. The van der Waals surface area contributed by atoms with Crippen LogP contribution in [0.1, 0.15) is 53.5 Å². The molecule has 2 heterocycles. The number of methoxy groups -OCH3 is 1. The van der Waals surface area contributed by atoms with E-state index in [4.69, 9.17) is 14.2 Å². The molecule has 0 fully saturated rings. The van der Waals surface area contributed by atoms with E-state index >= 15 is 0 Å². The Bertz CT molecular complexity index is 1570. The third-order valence-electron chi connectivity index (χ3n) is 7.32. The molecule has 1 aromatic heterocycles. The Morgan fingerprint density at radius 1 is 1.07 bits per heavy atom. The average molecular weight is 590 g/mol. The molecule has 0 spiro atoms. The largest absolute Gasteiger partial charge is 0.490 e. The molecule has 4 rings (SSSR count). The van der Waals surface area contributed by atoms with Crippen molar-refractivity contribution >= 4 is 18.2 Å². The minimum Gasteiger partial charge on any atom is -0.490 e. The maximum Gasteiger partial charge on any atom is 0.337 e. The van der Waals surface area contributed by atoms with Crippen molar-refractivity contribution < 1.29 is 28.9 Å². The summed E-state index contributed by atoms with van der Waals surface area (Å²) in [4.78, 5) is 24.6. The van der Waals surface area contributed by atoms with Gasteiger partial charge in [-0.05, 0) is 88.6 Å². The summed E-state index contributed by atoms with van der Waals surface area (Å²) in [5.41, 5.74) is 10.6. The highest BCUT2D eigenvalue weighted by molar-refractivity contribution is 5.95. The van der Waals surface area contributed by atoms with Crippen LogP contribution in [0, 0.1) is 27.7 Å². The number of allylic oxidation sites excluding steroid dienone is 1. The van der Waals surface area contributed by atoms with E-state index in [1.807, 2.05) is 26.8 Å². The van der Waals surface area contributed by atoms with Gasteiger partial charge in [0.05, 0.1) is 31.5 Å². The zero-order valence-electron chi connectivity index (χ0n) is 25.6. The van der Waals surface area contributed by atoms with Crippen molar-refractivity contribution in [2.45, 2.75) is 53.8 Å². The lowest BCUT2D eigenvalue weighted by molar-refractivity contribution is -0.136. The Morgan fingerprint density at radius 3 is 2.53 bits per heavy atom. The molecule has 2 amide bonds. The van der Waals surface area contributed by atoms with E-state index in [1.54, 1.807) is 31.3 Å². The Kier molecular flexibility index (Phi) is 9.77. The first kappa shape index (κ1) is 31.2. The lowest BCUT2D eigenvalue weighted by Crippen LogP contribution is -2.45. The van der Waals surface area contributed by atoms with Crippen molar-refractivity contribution in [3.05, 3.63) is 87.4 Å². The maximum absolute atomic E-state index is 12.4. The smallest absolute Gasteiger partial charge is 0.337 e. The summed E-state index contributed by atoms with van der Waals surface area (Å²) in [5, 5.41) is 20.1. The van der Waals surface area contributed by atoms with Crippen molar-refractivity contribution in [2.24, 2.45) is 5.10 Å². The predicted octanol–water partition coefficient (Wildman–Crippen LogP) is 4.23. The lowest BCUT2D eigenvalue weighted by Gasteiger charge is -2.28. The van der Waals surface area contributed by atoms with Crippen LogP contribution in [0.2, 0.25) is 0 Å². The van der Waals surface area contributed by atoms with Gasteiger partial charge in [0.1, 0.15) is 6.61 Å². The third-order valence-corrected chi connectivity index (χ3v) is 7.32. The molecular formula is C32H39N5O6. The summed E-state index contributed by atoms with van der Waals surface area (Å²) >= 11 is 0. The van der Waals surface area contributed by atoms with Gasteiger partial charge in [-0.15, -0.1) is 0 Å². The van der Waals surface area contributed by atoms with Gasteiger partial charge in [0.25, 0.3) is 0 Å². The lowest BCUT2D eigenvalue weighted by atomic mass is 9.95. The van der Waals surface area contributed by atoms with Crippen LogP contribution in [-0.4, -0.2) is 54.4 Å². The molecule has 1 aliphatic heterocycles. The van der Waals surface area contributed by atoms with Crippen molar-refractivity contribution in [3.8, 4) is 17.2 Å². The monoisotopic (exact) mass is 589 g/mol. The van der Waals surface area contributed by atoms with Crippen LogP contribution in [0.15, 0.2) is 58.8 Å². The Hall–Kier alpha value is -4.77. The zero-order chi connectivity index (χ0) is 31.3. The number of rotatable bonds is 11. The zero-order valence-corrected chi connectivity index (χ0v) is 25.6. The third kappa shape index (κ3) is 7.00. The number of carbonyl (C=O) groups is 2. The second kappa shape index (κ2) is 13.5. The van der Waals surface area contributed by atoms with Crippen molar-refractivity contribution in [1.29, 1.82) is 0 Å². The number of carbonyl (C=O) groups excluding carboxylic acids is 2. The van der Waals surface area contributed by atoms with Crippen LogP contribution in [-0.2, 0) is 9.53 Å². The van der Waals surface area contributed by atoms with Crippen LogP contribution in [0.4, 0.5) is 4.79 Å². The van der Waals surface area contributed by atoms with Crippen LogP contribution in [0.5, 0.6) is 11.5 Å². The summed E-state index contributed by atoms with van der Waals surface area (Å²) in [6, 6.07) is 12.3. The molecule has 0 bridgehead atoms. The van der Waals surface area contributed by atoms with Crippen LogP contribution in [0.25, 0.3) is 5.69 Å². The van der Waals surface area contributed by atoms with Crippen LogP contribution < -0.4 is 25.5 Å². The van der Waals surface area contributed by atoms with E-state index in [1.165, 1.54) is 18.2 Å². The molecule has 3 aromatic rings. The second-order valence-electron chi connectivity index (χ2n) is 10.3. The van der Waals surface area contributed by atoms with Gasteiger partial charge in [-0.1, -0.05) is 12.1 Å². The molecule has 0 aliphatic carbocycles. The summed E-state index contributed by atoms with van der Waals surface area (Å²) in [7, 11) is 1.28. The summed E-state index contributed by atoms with van der Waals surface area (Å²) in [6.07, 6.45) is 0.569. The normalized spacial score (nSPS) is 15.6. The number of benzene rings is 2. The molecule has 0 unspecified atom stereocenters. The number of hydrogen-bond donors (Lipinski definition) is 4. The minimum atomic E-state index is -1.10. The van der Waals surface area contributed by atoms with Gasteiger partial charge in [0.15, 0.2) is 17.7 Å². The van der Waals surface area contributed by atoms with E-state index in [0.717, 1.165) is 22.6 Å². The number of aryl methyl sites for hydroxylation is 3. The minimum absolute atomic E-state index is 0.116. The number of hydrogen-bond acceptors (Lipinski definition) is 8. The van der Waals surface area contributed by atoms with Gasteiger partial charge in [0.2, 0.25) is 0 Å². The summed E-state index contributed by atoms with van der Waals surface area (Å²) in [6.45, 7) is 12.0. The Labute approximate surface area is 251 Å². The predicted molar refractivity (Wildman–Crippen MR) is 164 cm³/mol. The molecule has 43 heavy (non-hydrogen) atoms. The SMILES string of the molecule is CCOc1cc([C@H]2NC(=O)NC(C)=C2C(=O)OC)ccc1OC[C@@H](O)N/N=C\c1cc(C)n(-c2ccc(C)c(C)c2)c1C. The van der Waals surface area contributed by atoms with Gasteiger partial charge in [-0.2, -0.15) is 5.10 Å². The average Bonchev–Trinajstić information content (AvgIpc) is 3.25. The molecule has 2 atom stereocenters. The molecule has 11 heteroatoms. The maximum atomic E-state index is 12.4. The van der Waals surface area contributed by atoms with Gasteiger partial charge in [-0.25, -0.2) is 9.59 Å². The van der Waals surface area contributed by atoms with Gasteiger partial charge in [-0.3, -0.25) is 5.43 Å². The fourth-order valence-corrected chi connectivity index (χ4v) is 5.00. The first-order valence-electron chi connectivity index (χ1n) is 14.0. The number of amides is 2. The van der Waals surface area contributed by atoms with Gasteiger partial charge >= 0.3 is 12.0 Å². The Morgan fingerprint density at radius 2 is 1.84 bits per heavy atom. The van der Waals surface area contributed by atoms with Crippen molar-refractivity contribution in [3.63, 3.8) is 0 Å². The number of aliphatic hydroxyl groups excluding tert-OH is 1. The second-order valence-corrected chi connectivity index (χ2v) is 10.3. The van der Waals surface area contributed by atoms with Gasteiger partial charge < -0.3 is 34.5 Å². The number of aromatic nitrogens is 1. The molecule has 4 N–H and O–H groups in total. The standard InChI is InChI=1S/C32H39N5O6/c1-8-42-27-15-23(30-29(31(39)41-7)21(5)34-32(40)35-30)10-12-26(27)43-17-28(38)36-33-16-24-14-20(4)37(22(24)6)25-11-9-18(2)19(3)13-25/h9-16,28,30,36,38H,8,17H2,1-7H3,(H2,34,35,40)/b33-16-/t28-,30-/m1/s1. The first-order chi connectivity index (χ1) is 20.5. The number of ether oxygens (including phenoxy) is 3. The topological polar surface area (TPSA) is 135 Å². The molecule has 1 aliphatic rings. The van der Waals surface area contributed by atoms with Gasteiger partial charge in [0, 0.05) is 28.3 Å². The number of aliphatic hydroxyl groups is 1. The van der Waals surface area contributed by atoms with Crippen LogP contribution in [0.3, 0.4) is 0 Å². The molecule has 228 valence electrons. The highest BCUT2D eigenvalue weighted by Gasteiger charge is 2.32. The van der Waals surface area contributed by atoms with E-state index < -0.39 is 24.3 Å². The summed E-state index contributed by atoms with van der Waals surface area (Å²) in [5.74, 6) is 0.215. The fraction of sp³-hybridized carbons (Fsp3) is 0.344. The molecule has 0 radical (unpaired) electrons. The highest BCUT2D eigenvalue weighted by Crippen LogP contribution is 2.35. The van der Waals surface area contributed by atoms with E-state index in [2.05, 4.69) is 57.8 Å². The first-order valence-corrected chi connectivity index (χ1v) is 14.0. The fourth-order valence-electron chi connectivity index (χ4n) is 5.00. The van der Waals surface area contributed by atoms with Crippen molar-refractivity contribution in [1.82, 2.24) is 20.6 Å². The van der Waals surface area contributed by atoms with E-state index in [-0.39, 0.29) is 12.2 Å². The Balaban J connectivity index is 1.43. The van der Waals surface area contributed by atoms with E-state index in [9.17, 15) is 14.7 Å². The number of nitrogens with one attached hydrogen (secondary N) is 3. The molecule has 2 aromatic carbocycles.